The van der Waals surface area contributed by atoms with Crippen LogP contribution in [0, 0.1) is 11.6 Å². The van der Waals surface area contributed by atoms with Gasteiger partial charge in [0.1, 0.15) is 17.8 Å². The highest BCUT2D eigenvalue weighted by Crippen LogP contribution is 2.40. The van der Waals surface area contributed by atoms with Crippen LogP contribution in [0.5, 0.6) is 5.75 Å². The first kappa shape index (κ1) is 26.5. The van der Waals surface area contributed by atoms with Gasteiger partial charge in [0.2, 0.25) is 0 Å². The molecule has 2 aliphatic heterocycles. The summed E-state index contributed by atoms with van der Waals surface area (Å²) < 4.78 is 43.6. The van der Waals surface area contributed by atoms with Gasteiger partial charge in [0.05, 0.1) is 24.8 Å². The Bertz CT molecular complexity index is 1580. The minimum atomic E-state index is -1.11. The number of carbonyl (C=O) groups excluding carboxylic acids is 1. The highest BCUT2D eigenvalue weighted by Gasteiger charge is 2.36. The van der Waals surface area contributed by atoms with Crippen LogP contribution in [0.15, 0.2) is 59.6 Å². The van der Waals surface area contributed by atoms with Crippen molar-refractivity contribution in [2.75, 3.05) is 30.8 Å². The first-order chi connectivity index (χ1) is 19.3. The van der Waals surface area contributed by atoms with Gasteiger partial charge >= 0.3 is 0 Å². The third-order valence-corrected chi connectivity index (χ3v) is 8.20. The molecule has 0 bridgehead atoms. The monoisotopic (exact) mass is 568 g/mol. The van der Waals surface area contributed by atoms with E-state index in [-0.39, 0.29) is 42.2 Å². The van der Waals surface area contributed by atoms with Gasteiger partial charge < -0.3 is 15.3 Å². The van der Waals surface area contributed by atoms with Gasteiger partial charge in [-0.2, -0.15) is 0 Å². The second-order valence-electron chi connectivity index (χ2n) is 10.1. The molecule has 2 N–H and O–H groups in total. The molecule has 2 fully saturated rings. The maximum atomic E-state index is 14.7. The molecule has 4 aromatic rings. The smallest absolute Gasteiger partial charge is 0.271 e. The molecule has 2 aromatic carbocycles. The fraction of sp³-hybridized carbons (Fsp3) is 0.321. The standard InChI is InChI=1S/C28H27F3N6O2S/c1-40-25-5-3-17(29)9-20(25)22-10-18(30)13-36(22)27-7-6-26-32-11-23(37(26)34-27)28(39)33-19-14-35(15-19)12-16-2-4-21(31)24(38)8-16/h2-9,11,18-19,22,38H,10,12-15H2,1H3,(H,33,39)/t18-,22+/m0/s1. The maximum Gasteiger partial charge on any atom is 0.271 e. The average Bonchev–Trinajstić information content (AvgIpc) is 3.52. The molecule has 12 heteroatoms. The molecule has 40 heavy (non-hydrogen) atoms. The number of aromatic hydroxyl groups is 1. The Balaban J connectivity index is 1.17. The molecule has 4 heterocycles. The molecule has 2 aromatic heterocycles. The number of aromatic nitrogens is 3. The molecule has 2 saturated heterocycles. The highest BCUT2D eigenvalue weighted by atomic mass is 32.2. The van der Waals surface area contributed by atoms with Gasteiger partial charge in [0.15, 0.2) is 22.9 Å². The van der Waals surface area contributed by atoms with E-state index in [0.717, 1.165) is 10.5 Å². The zero-order valence-corrected chi connectivity index (χ0v) is 22.4. The summed E-state index contributed by atoms with van der Waals surface area (Å²) in [5.41, 5.74) is 2.22. The SMILES string of the molecule is CSc1ccc(F)cc1[C@H]1C[C@H](F)CN1c1ccc2ncc(C(=O)NC3CN(Cc4ccc(F)c(O)c4)C3)n2n1. The van der Waals surface area contributed by atoms with Crippen molar-refractivity contribution in [2.45, 2.75) is 36.1 Å². The minimum Gasteiger partial charge on any atom is -0.505 e. The molecule has 8 nitrogen and oxygen atoms in total. The molecule has 0 radical (unpaired) electrons. The largest absolute Gasteiger partial charge is 0.505 e. The molecule has 0 unspecified atom stereocenters. The van der Waals surface area contributed by atoms with E-state index >= 15 is 0 Å². The Morgan fingerprint density at radius 3 is 2.73 bits per heavy atom. The van der Waals surface area contributed by atoms with Gasteiger partial charge in [0, 0.05) is 31.0 Å². The van der Waals surface area contributed by atoms with E-state index in [0.29, 0.717) is 36.7 Å². The van der Waals surface area contributed by atoms with Crippen LogP contribution in [-0.2, 0) is 6.54 Å². The summed E-state index contributed by atoms with van der Waals surface area (Å²) in [6, 6.07) is 11.8. The van der Waals surface area contributed by atoms with Crippen LogP contribution < -0.4 is 10.2 Å². The number of nitrogens with zero attached hydrogens (tertiary/aromatic N) is 5. The third-order valence-electron chi connectivity index (χ3n) is 7.39. The lowest BCUT2D eigenvalue weighted by molar-refractivity contribution is 0.0788. The number of fused-ring (bicyclic) bond motifs is 1. The fourth-order valence-corrected chi connectivity index (χ4v) is 6.07. The van der Waals surface area contributed by atoms with Crippen LogP contribution in [0.25, 0.3) is 5.65 Å². The van der Waals surface area contributed by atoms with Gasteiger partial charge in [-0.1, -0.05) is 6.07 Å². The summed E-state index contributed by atoms with van der Waals surface area (Å²) in [6.07, 6.45) is 2.46. The topological polar surface area (TPSA) is 86.0 Å². The van der Waals surface area contributed by atoms with Gasteiger partial charge in [-0.3, -0.25) is 9.69 Å². The Morgan fingerprint density at radius 2 is 1.95 bits per heavy atom. The van der Waals surface area contributed by atoms with E-state index in [9.17, 15) is 23.1 Å². The first-order valence-corrected chi connectivity index (χ1v) is 14.1. The summed E-state index contributed by atoms with van der Waals surface area (Å²) in [5.74, 6) is -1.29. The van der Waals surface area contributed by atoms with Gasteiger partial charge in [-0.05, 0) is 59.8 Å². The Kier molecular flexibility index (Phi) is 7.05. The van der Waals surface area contributed by atoms with E-state index < -0.39 is 18.0 Å². The number of anilines is 1. The van der Waals surface area contributed by atoms with E-state index in [2.05, 4.69) is 20.3 Å². The zero-order chi connectivity index (χ0) is 28.0. The van der Waals surface area contributed by atoms with Crippen molar-refractivity contribution in [1.29, 1.82) is 0 Å². The Morgan fingerprint density at radius 1 is 1.12 bits per heavy atom. The van der Waals surface area contributed by atoms with Crippen LogP contribution in [-0.4, -0.2) is 68.6 Å². The van der Waals surface area contributed by atoms with Crippen molar-refractivity contribution in [3.8, 4) is 5.75 Å². The number of hydrogen-bond acceptors (Lipinski definition) is 7. The molecule has 1 amide bonds. The number of rotatable bonds is 7. The van der Waals surface area contributed by atoms with E-state index in [1.165, 1.54) is 46.7 Å². The molecule has 0 aliphatic carbocycles. The number of halogens is 3. The summed E-state index contributed by atoms with van der Waals surface area (Å²) in [7, 11) is 0. The predicted octanol–water partition coefficient (Wildman–Crippen LogP) is 4.34. The lowest BCUT2D eigenvalue weighted by Crippen LogP contribution is -2.58. The number of imidazole rings is 1. The number of phenols is 1. The number of nitrogens with one attached hydrogen (secondary N) is 1. The number of likely N-dealkylation sites (tertiary alicyclic amines) is 1. The molecule has 6 rings (SSSR count). The number of benzene rings is 2. The summed E-state index contributed by atoms with van der Waals surface area (Å²) >= 11 is 1.48. The number of alkyl halides is 1. The zero-order valence-electron chi connectivity index (χ0n) is 21.6. The minimum absolute atomic E-state index is 0.0940. The Hall–Kier alpha value is -3.77. The normalized spacial score (nSPS) is 19.8. The van der Waals surface area contributed by atoms with Crippen LogP contribution in [0.2, 0.25) is 0 Å². The van der Waals surface area contributed by atoms with Crippen molar-refractivity contribution in [3.05, 3.63) is 83.2 Å². The average molecular weight is 569 g/mol. The van der Waals surface area contributed by atoms with Crippen molar-refractivity contribution in [2.24, 2.45) is 0 Å². The van der Waals surface area contributed by atoms with Gasteiger partial charge in [0.25, 0.3) is 5.91 Å². The number of phenolic OH excluding ortho intramolecular Hbond substituents is 1. The van der Waals surface area contributed by atoms with Gasteiger partial charge in [-0.25, -0.2) is 22.7 Å². The van der Waals surface area contributed by atoms with Crippen LogP contribution >= 0.6 is 11.8 Å². The molecule has 0 spiro atoms. The summed E-state index contributed by atoms with van der Waals surface area (Å²) in [6.45, 7) is 1.82. The summed E-state index contributed by atoms with van der Waals surface area (Å²) in [4.78, 5) is 22.2. The highest BCUT2D eigenvalue weighted by molar-refractivity contribution is 7.98. The van der Waals surface area contributed by atoms with Crippen molar-refractivity contribution < 1.29 is 23.1 Å². The predicted molar refractivity (Wildman–Crippen MR) is 145 cm³/mol. The number of thioether (sulfide) groups is 1. The molecular formula is C28H27F3N6O2S. The molecule has 2 atom stereocenters. The van der Waals surface area contributed by atoms with E-state index in [1.54, 1.807) is 24.3 Å². The van der Waals surface area contributed by atoms with Crippen LogP contribution in [0.1, 0.15) is 34.1 Å². The summed E-state index contributed by atoms with van der Waals surface area (Å²) in [5, 5.41) is 17.2. The lowest BCUT2D eigenvalue weighted by Gasteiger charge is -2.39. The van der Waals surface area contributed by atoms with E-state index in [1.807, 2.05) is 11.2 Å². The number of amides is 1. The second-order valence-corrected chi connectivity index (χ2v) is 11.0. The quantitative estimate of drug-likeness (QED) is 0.321. The molecule has 208 valence electrons. The second kappa shape index (κ2) is 10.7. The van der Waals surface area contributed by atoms with Crippen molar-refractivity contribution in [3.63, 3.8) is 0 Å². The van der Waals surface area contributed by atoms with Crippen molar-refractivity contribution >= 4 is 29.1 Å². The maximum absolute atomic E-state index is 14.7. The lowest BCUT2D eigenvalue weighted by atomic mass is 10.0. The van der Waals surface area contributed by atoms with Crippen LogP contribution in [0.3, 0.4) is 0 Å². The molecule has 0 saturated carbocycles. The van der Waals surface area contributed by atoms with Crippen molar-refractivity contribution in [1.82, 2.24) is 24.8 Å². The third kappa shape index (κ3) is 5.08. The number of hydrogen-bond donors (Lipinski definition) is 2. The van der Waals surface area contributed by atoms with E-state index in [4.69, 9.17) is 0 Å². The molecular weight excluding hydrogens is 541 g/mol. The fourth-order valence-electron chi connectivity index (χ4n) is 5.43. The first-order valence-electron chi connectivity index (χ1n) is 12.9. The molecule has 2 aliphatic rings. The van der Waals surface area contributed by atoms with Gasteiger partial charge in [-0.15, -0.1) is 16.9 Å². The Labute approximate surface area is 232 Å². The van der Waals surface area contributed by atoms with Crippen LogP contribution in [0.4, 0.5) is 19.0 Å². The number of carbonyl (C=O) groups is 1.